The van der Waals surface area contributed by atoms with Crippen LogP contribution in [0.4, 0.5) is 0 Å². The van der Waals surface area contributed by atoms with Gasteiger partial charge in [0.05, 0.1) is 24.1 Å². The van der Waals surface area contributed by atoms with E-state index in [4.69, 9.17) is 10.5 Å². The first-order chi connectivity index (χ1) is 14.1. The standard InChI is InChI=1S/C22H22N4O3/c1-29-17-7-5-13(10-25-17)16-8-15-12(9-24-16)4-6-14-18(22(27)28)21(26-20(14)15)19(23)11-2-3-11/h5,7-11,19,26H,2-4,6,23H2,1H3,(H,27,28). The van der Waals surface area contributed by atoms with E-state index in [2.05, 4.69) is 15.0 Å². The van der Waals surface area contributed by atoms with E-state index in [0.717, 1.165) is 52.9 Å². The first kappa shape index (κ1) is 17.9. The maximum absolute atomic E-state index is 12.1. The summed E-state index contributed by atoms with van der Waals surface area (Å²) in [7, 11) is 1.58. The molecule has 0 bridgehead atoms. The zero-order valence-electron chi connectivity index (χ0n) is 16.1. The number of nitrogens with two attached hydrogens (primary N) is 1. The van der Waals surface area contributed by atoms with E-state index in [0.29, 0.717) is 29.5 Å². The number of nitrogens with one attached hydrogen (secondary N) is 1. The number of aryl methyl sites for hydroxylation is 1. The Morgan fingerprint density at radius 2 is 2.10 bits per heavy atom. The number of aromatic amines is 1. The minimum absolute atomic E-state index is 0.262. The van der Waals surface area contributed by atoms with Gasteiger partial charge < -0.3 is 20.6 Å². The van der Waals surface area contributed by atoms with Gasteiger partial charge in [0, 0.05) is 41.3 Å². The molecule has 1 saturated carbocycles. The van der Waals surface area contributed by atoms with E-state index >= 15 is 0 Å². The highest BCUT2D eigenvalue weighted by molar-refractivity contribution is 5.95. The molecule has 5 rings (SSSR count). The van der Waals surface area contributed by atoms with Gasteiger partial charge in [0.1, 0.15) is 0 Å². The van der Waals surface area contributed by atoms with E-state index in [1.165, 1.54) is 0 Å². The van der Waals surface area contributed by atoms with Crippen molar-refractivity contribution in [3.8, 4) is 28.4 Å². The molecule has 29 heavy (non-hydrogen) atoms. The van der Waals surface area contributed by atoms with Crippen LogP contribution in [0.3, 0.4) is 0 Å². The summed E-state index contributed by atoms with van der Waals surface area (Å²) in [6, 6.07) is 5.45. The molecule has 0 amide bonds. The minimum atomic E-state index is -0.911. The summed E-state index contributed by atoms with van der Waals surface area (Å²) in [4.78, 5) is 24.3. The van der Waals surface area contributed by atoms with E-state index in [1.54, 1.807) is 19.4 Å². The summed E-state index contributed by atoms with van der Waals surface area (Å²) in [5.74, 6) is -0.0000912. The fourth-order valence-electron chi connectivity index (χ4n) is 4.21. The van der Waals surface area contributed by atoms with Gasteiger partial charge >= 0.3 is 5.97 Å². The molecule has 3 aromatic rings. The normalized spacial score (nSPS) is 16.1. The second-order valence-electron chi connectivity index (χ2n) is 7.75. The summed E-state index contributed by atoms with van der Waals surface area (Å²) in [6.45, 7) is 0. The van der Waals surface area contributed by atoms with Gasteiger partial charge in [0.2, 0.25) is 5.88 Å². The molecule has 0 saturated heterocycles. The molecule has 3 aromatic heterocycles. The number of rotatable bonds is 5. The van der Waals surface area contributed by atoms with E-state index in [-0.39, 0.29) is 6.04 Å². The van der Waals surface area contributed by atoms with Crippen molar-refractivity contribution in [2.45, 2.75) is 31.7 Å². The van der Waals surface area contributed by atoms with Gasteiger partial charge in [0.15, 0.2) is 0 Å². The zero-order chi connectivity index (χ0) is 20.1. The van der Waals surface area contributed by atoms with Crippen LogP contribution in [0.15, 0.2) is 30.6 Å². The number of hydrogen-bond donors (Lipinski definition) is 3. The molecular weight excluding hydrogens is 368 g/mol. The van der Waals surface area contributed by atoms with Crippen LogP contribution >= 0.6 is 0 Å². The Hall–Kier alpha value is -3.19. The molecule has 148 valence electrons. The van der Waals surface area contributed by atoms with Crippen LogP contribution in [-0.4, -0.2) is 33.1 Å². The molecule has 0 spiro atoms. The average Bonchev–Trinajstić information content (AvgIpc) is 3.51. The molecule has 0 aliphatic heterocycles. The van der Waals surface area contributed by atoms with Crippen molar-refractivity contribution in [2.24, 2.45) is 11.7 Å². The number of carbonyl (C=O) groups is 1. The van der Waals surface area contributed by atoms with Crippen LogP contribution in [0.25, 0.3) is 22.5 Å². The quantitative estimate of drug-likeness (QED) is 0.615. The van der Waals surface area contributed by atoms with Crippen LogP contribution in [0.5, 0.6) is 5.88 Å². The van der Waals surface area contributed by atoms with Crippen molar-refractivity contribution in [1.29, 1.82) is 0 Å². The van der Waals surface area contributed by atoms with Gasteiger partial charge in [0.25, 0.3) is 0 Å². The highest BCUT2D eigenvalue weighted by Crippen LogP contribution is 2.44. The zero-order valence-corrected chi connectivity index (χ0v) is 16.1. The summed E-state index contributed by atoms with van der Waals surface area (Å²) < 4.78 is 5.12. The van der Waals surface area contributed by atoms with Crippen LogP contribution in [0, 0.1) is 5.92 Å². The SMILES string of the molecule is COc1ccc(-c2cc3c(cn2)CCc2c-3[nH]c(C(N)C3CC3)c2C(=O)O)cn1. The predicted molar refractivity (Wildman–Crippen MR) is 108 cm³/mol. The number of carboxylic acid groups (broad SMARTS) is 1. The maximum atomic E-state index is 12.1. The number of carboxylic acids is 1. The number of ether oxygens (including phenoxy) is 1. The molecule has 1 fully saturated rings. The maximum Gasteiger partial charge on any atom is 0.337 e. The van der Waals surface area contributed by atoms with Crippen LogP contribution in [-0.2, 0) is 12.8 Å². The topological polar surface area (TPSA) is 114 Å². The number of pyridine rings is 2. The van der Waals surface area contributed by atoms with E-state index < -0.39 is 5.97 Å². The summed E-state index contributed by atoms with van der Waals surface area (Å²) >= 11 is 0. The second kappa shape index (κ2) is 6.70. The van der Waals surface area contributed by atoms with Gasteiger partial charge in [-0.1, -0.05) is 0 Å². The summed E-state index contributed by atoms with van der Waals surface area (Å²) in [6.07, 6.45) is 7.14. The van der Waals surface area contributed by atoms with Gasteiger partial charge in [-0.3, -0.25) is 4.98 Å². The van der Waals surface area contributed by atoms with Crippen molar-refractivity contribution in [2.75, 3.05) is 7.11 Å². The molecule has 2 aliphatic carbocycles. The van der Waals surface area contributed by atoms with E-state index in [1.807, 2.05) is 18.3 Å². The van der Waals surface area contributed by atoms with Crippen molar-refractivity contribution in [1.82, 2.24) is 15.0 Å². The summed E-state index contributed by atoms with van der Waals surface area (Å²) in [5.41, 5.74) is 12.9. The minimum Gasteiger partial charge on any atom is -0.481 e. The van der Waals surface area contributed by atoms with Crippen molar-refractivity contribution < 1.29 is 14.6 Å². The van der Waals surface area contributed by atoms with Crippen molar-refractivity contribution in [3.05, 3.63) is 53.0 Å². The molecule has 3 heterocycles. The average molecular weight is 390 g/mol. The second-order valence-corrected chi connectivity index (χ2v) is 7.75. The number of aromatic carboxylic acids is 1. The fraction of sp³-hybridized carbons (Fsp3) is 0.318. The lowest BCUT2D eigenvalue weighted by molar-refractivity contribution is 0.0694. The van der Waals surface area contributed by atoms with Crippen molar-refractivity contribution in [3.63, 3.8) is 0 Å². The molecule has 0 aromatic carbocycles. The molecule has 4 N–H and O–H groups in total. The Balaban J connectivity index is 1.62. The smallest absolute Gasteiger partial charge is 0.337 e. The number of fused-ring (bicyclic) bond motifs is 3. The number of H-pyrrole nitrogens is 1. The first-order valence-corrected chi connectivity index (χ1v) is 9.80. The number of aromatic nitrogens is 3. The lowest BCUT2D eigenvalue weighted by Gasteiger charge is -2.17. The molecule has 0 radical (unpaired) electrons. The Morgan fingerprint density at radius 1 is 1.28 bits per heavy atom. The molecule has 1 atom stereocenters. The Bertz CT molecular complexity index is 1100. The largest absolute Gasteiger partial charge is 0.481 e. The highest BCUT2D eigenvalue weighted by Gasteiger charge is 2.36. The predicted octanol–water partition coefficient (Wildman–Crippen LogP) is 3.35. The Labute approximate surface area is 168 Å². The Kier molecular flexibility index (Phi) is 4.13. The van der Waals surface area contributed by atoms with Gasteiger partial charge in [-0.05, 0) is 54.9 Å². The van der Waals surface area contributed by atoms with Crippen LogP contribution in [0.1, 0.15) is 46.1 Å². The van der Waals surface area contributed by atoms with E-state index in [9.17, 15) is 9.90 Å². The third-order valence-corrected chi connectivity index (χ3v) is 5.95. The molecule has 1 unspecified atom stereocenters. The number of nitrogens with zero attached hydrogens (tertiary/aromatic N) is 2. The third kappa shape index (κ3) is 2.98. The Morgan fingerprint density at radius 3 is 2.76 bits per heavy atom. The number of hydrogen-bond acceptors (Lipinski definition) is 5. The van der Waals surface area contributed by atoms with Gasteiger partial charge in [-0.2, -0.15) is 0 Å². The van der Waals surface area contributed by atoms with Crippen molar-refractivity contribution >= 4 is 5.97 Å². The molecule has 7 heteroatoms. The monoisotopic (exact) mass is 390 g/mol. The van der Waals surface area contributed by atoms with Gasteiger partial charge in [-0.15, -0.1) is 0 Å². The lowest BCUT2D eigenvalue weighted by atomic mass is 9.88. The van der Waals surface area contributed by atoms with Gasteiger partial charge in [-0.25, -0.2) is 9.78 Å². The first-order valence-electron chi connectivity index (χ1n) is 9.80. The van der Waals surface area contributed by atoms with Crippen LogP contribution in [0.2, 0.25) is 0 Å². The lowest BCUT2D eigenvalue weighted by Crippen LogP contribution is -2.17. The summed E-state index contributed by atoms with van der Waals surface area (Å²) in [5, 5.41) is 9.88. The van der Waals surface area contributed by atoms with Crippen LogP contribution < -0.4 is 10.5 Å². The third-order valence-electron chi connectivity index (χ3n) is 5.95. The molecular formula is C22H22N4O3. The fourth-order valence-corrected chi connectivity index (χ4v) is 4.21. The molecule has 7 nitrogen and oxygen atoms in total. The number of methoxy groups -OCH3 is 1. The highest BCUT2D eigenvalue weighted by atomic mass is 16.5. The molecule has 2 aliphatic rings.